The van der Waals surface area contributed by atoms with Gasteiger partial charge >= 0.3 is 12.1 Å². The number of carbonyl (C=O) groups is 2. The predicted molar refractivity (Wildman–Crippen MR) is 126 cm³/mol. The fraction of sp³-hybridized carbons (Fsp3) is 0.636. The third-order valence-corrected chi connectivity index (χ3v) is 6.39. The van der Waals surface area contributed by atoms with Gasteiger partial charge in [-0.25, -0.2) is 9.59 Å². The van der Waals surface area contributed by atoms with E-state index in [1.54, 1.807) is 32.9 Å². The molecule has 0 aromatic heterocycles. The van der Waals surface area contributed by atoms with Gasteiger partial charge in [0.15, 0.2) is 0 Å². The van der Waals surface area contributed by atoms with E-state index >= 15 is 0 Å². The molecular formula is C22H32N4O8S. The number of ether oxygens (including phenoxy) is 3. The summed E-state index contributed by atoms with van der Waals surface area (Å²) >= 11 is 0.963. The number of hydrogen-bond acceptors (Lipinski definition) is 10. The molecule has 194 valence electrons. The summed E-state index contributed by atoms with van der Waals surface area (Å²) in [5.41, 5.74) is 8.69. The highest BCUT2D eigenvalue weighted by Gasteiger charge is 2.56. The molecular weight excluding hydrogens is 480 g/mol. The Labute approximate surface area is 207 Å². The number of benzene rings is 1. The molecule has 1 saturated heterocycles. The number of nitrogens with zero attached hydrogens (tertiary/aromatic N) is 3. The van der Waals surface area contributed by atoms with Crippen LogP contribution in [0, 0.1) is 6.92 Å². The predicted octanol–water partition coefficient (Wildman–Crippen LogP) is 2.03. The van der Waals surface area contributed by atoms with Crippen LogP contribution in [0.1, 0.15) is 32.8 Å². The van der Waals surface area contributed by atoms with E-state index in [1.807, 2.05) is 19.1 Å². The minimum atomic E-state index is -1.82. The first kappa shape index (κ1) is 28.7. The molecule has 2 rings (SSSR count). The molecule has 12 nitrogen and oxygen atoms in total. The third-order valence-electron chi connectivity index (χ3n) is 5.12. The molecule has 0 aliphatic carbocycles. The summed E-state index contributed by atoms with van der Waals surface area (Å²) in [5, 5.41) is 38.0. The minimum absolute atomic E-state index is 0.311. The van der Waals surface area contributed by atoms with Gasteiger partial charge in [-0.3, -0.25) is 0 Å². The molecule has 1 heterocycles. The van der Waals surface area contributed by atoms with Crippen LogP contribution < -0.4 is 5.32 Å². The van der Waals surface area contributed by atoms with Gasteiger partial charge in [0.2, 0.25) is 4.93 Å². The second kappa shape index (κ2) is 11.9. The number of hydrogen-bond donors (Lipinski definition) is 4. The average molecular weight is 513 g/mol. The Kier molecular flexibility index (Phi) is 9.78. The molecule has 1 amide bonds. The first-order chi connectivity index (χ1) is 16.3. The minimum Gasteiger partial charge on any atom is -0.466 e. The van der Waals surface area contributed by atoms with Crippen LogP contribution in [0.5, 0.6) is 0 Å². The number of thioether (sulfide) groups is 1. The molecule has 13 heteroatoms. The number of methoxy groups -OCH3 is 1. The van der Waals surface area contributed by atoms with E-state index in [0.717, 1.165) is 24.4 Å². The summed E-state index contributed by atoms with van der Waals surface area (Å²) in [6, 6.07) is 5.89. The lowest BCUT2D eigenvalue weighted by Gasteiger charge is -2.47. The van der Waals surface area contributed by atoms with E-state index < -0.39 is 59.6 Å². The van der Waals surface area contributed by atoms with Crippen molar-refractivity contribution in [2.45, 2.75) is 80.0 Å². The zero-order valence-electron chi connectivity index (χ0n) is 20.2. The van der Waals surface area contributed by atoms with Crippen molar-refractivity contribution in [1.82, 2.24) is 5.32 Å². The Balaban J connectivity index is 2.45. The number of amides is 1. The van der Waals surface area contributed by atoms with Crippen molar-refractivity contribution in [2.24, 2.45) is 5.11 Å². The normalized spacial score (nSPS) is 26.1. The van der Waals surface area contributed by atoms with Gasteiger partial charge in [-0.15, -0.1) is 0 Å². The van der Waals surface area contributed by atoms with Gasteiger partial charge in [-0.2, -0.15) is 0 Å². The fourth-order valence-corrected chi connectivity index (χ4v) is 4.74. The largest absolute Gasteiger partial charge is 0.466 e. The Hall–Kier alpha value is -2.54. The maximum Gasteiger partial charge on any atom is 0.408 e. The van der Waals surface area contributed by atoms with E-state index in [2.05, 4.69) is 15.3 Å². The first-order valence-corrected chi connectivity index (χ1v) is 11.7. The summed E-state index contributed by atoms with van der Waals surface area (Å²) in [7, 11) is 1.16. The van der Waals surface area contributed by atoms with Crippen LogP contribution in [-0.4, -0.2) is 82.0 Å². The van der Waals surface area contributed by atoms with Crippen LogP contribution in [-0.2, 0) is 19.0 Å². The Bertz CT molecular complexity index is 934. The number of aliphatic hydroxyl groups excluding tert-OH is 3. The number of nitrogens with one attached hydrogen (secondary N) is 1. The van der Waals surface area contributed by atoms with Crippen molar-refractivity contribution in [3.05, 3.63) is 40.3 Å². The van der Waals surface area contributed by atoms with E-state index in [9.17, 15) is 24.9 Å². The monoisotopic (exact) mass is 512 g/mol. The maximum absolute atomic E-state index is 12.9. The number of rotatable bonds is 8. The second-order valence-corrected chi connectivity index (χ2v) is 10.5. The van der Waals surface area contributed by atoms with Crippen LogP contribution in [0.15, 0.2) is 34.3 Å². The van der Waals surface area contributed by atoms with Crippen molar-refractivity contribution in [3.63, 3.8) is 0 Å². The standard InChI is InChI=1S/C22H32N4O8S/c1-12-6-8-13(9-7-12)35-22(19(30)32-5)10-14(27)16(25-20(31)34-21(2,3)4)18(33-22)17(29)15(28)11-24-26-23/h6-9,14-18,27-29H,10-11H2,1-5H3,(H,25,31)/t14?,15-,16?,17-,18?,22?/m1/s1. The summed E-state index contributed by atoms with van der Waals surface area (Å²) in [5.74, 6) is -0.834. The zero-order valence-corrected chi connectivity index (χ0v) is 21.1. The molecule has 4 N–H and O–H groups in total. The molecule has 1 aliphatic heterocycles. The summed E-state index contributed by atoms with van der Waals surface area (Å²) in [6.45, 7) is 6.34. The quantitative estimate of drug-likeness (QED) is 0.175. The van der Waals surface area contributed by atoms with E-state index in [4.69, 9.17) is 19.7 Å². The van der Waals surface area contributed by atoms with Crippen LogP contribution in [0.2, 0.25) is 0 Å². The average Bonchev–Trinajstić information content (AvgIpc) is 2.78. The molecule has 1 fully saturated rings. The molecule has 1 aromatic rings. The van der Waals surface area contributed by atoms with Gasteiger partial charge in [0.05, 0.1) is 31.9 Å². The highest BCUT2D eigenvalue weighted by molar-refractivity contribution is 8.01. The van der Waals surface area contributed by atoms with Crippen molar-refractivity contribution in [3.8, 4) is 0 Å². The van der Waals surface area contributed by atoms with Gasteiger partial charge in [-0.05, 0) is 45.4 Å². The van der Waals surface area contributed by atoms with E-state index in [0.29, 0.717) is 4.90 Å². The number of carbonyl (C=O) groups excluding carboxylic acids is 2. The van der Waals surface area contributed by atoms with Gasteiger partial charge in [0.25, 0.3) is 0 Å². The number of azide groups is 1. The molecule has 0 saturated carbocycles. The summed E-state index contributed by atoms with van der Waals surface area (Å²) in [6.07, 6.45) is -7.52. The summed E-state index contributed by atoms with van der Waals surface area (Å²) < 4.78 is 16.3. The lowest BCUT2D eigenvalue weighted by molar-refractivity contribution is -0.203. The molecule has 0 bridgehead atoms. The smallest absolute Gasteiger partial charge is 0.408 e. The van der Waals surface area contributed by atoms with Gasteiger partial charge in [-0.1, -0.05) is 34.6 Å². The van der Waals surface area contributed by atoms with E-state index in [1.165, 1.54) is 0 Å². The van der Waals surface area contributed by atoms with Crippen molar-refractivity contribution < 1.29 is 39.1 Å². The molecule has 35 heavy (non-hydrogen) atoms. The van der Waals surface area contributed by atoms with Crippen LogP contribution in [0.25, 0.3) is 10.4 Å². The van der Waals surface area contributed by atoms with Crippen molar-refractivity contribution >= 4 is 23.8 Å². The van der Waals surface area contributed by atoms with Gasteiger partial charge in [0.1, 0.15) is 17.8 Å². The highest BCUT2D eigenvalue weighted by Crippen LogP contribution is 2.44. The van der Waals surface area contributed by atoms with Crippen LogP contribution >= 0.6 is 11.8 Å². The van der Waals surface area contributed by atoms with Crippen LogP contribution in [0.4, 0.5) is 4.79 Å². The first-order valence-electron chi connectivity index (χ1n) is 10.9. The molecule has 0 spiro atoms. The lowest BCUT2D eigenvalue weighted by atomic mass is 9.89. The topological polar surface area (TPSA) is 183 Å². The Morgan fingerprint density at radius 1 is 1.34 bits per heavy atom. The van der Waals surface area contributed by atoms with E-state index in [-0.39, 0.29) is 6.42 Å². The van der Waals surface area contributed by atoms with Crippen molar-refractivity contribution in [1.29, 1.82) is 0 Å². The second-order valence-electron chi connectivity index (χ2n) is 9.16. The number of alkyl carbamates (subject to hydrolysis) is 1. The van der Waals surface area contributed by atoms with Gasteiger partial charge < -0.3 is 34.8 Å². The number of esters is 1. The highest BCUT2D eigenvalue weighted by atomic mass is 32.2. The Morgan fingerprint density at radius 3 is 2.51 bits per heavy atom. The zero-order chi connectivity index (χ0) is 26.4. The third kappa shape index (κ3) is 7.72. The van der Waals surface area contributed by atoms with Crippen molar-refractivity contribution in [2.75, 3.05) is 13.7 Å². The molecule has 6 atom stereocenters. The lowest BCUT2D eigenvalue weighted by Crippen LogP contribution is -2.66. The number of aliphatic hydroxyl groups is 3. The van der Waals surface area contributed by atoms with Gasteiger partial charge in [0, 0.05) is 16.2 Å². The Morgan fingerprint density at radius 2 is 1.97 bits per heavy atom. The molecule has 1 aromatic carbocycles. The SMILES string of the molecule is COC(=O)C1(Sc2ccc(C)cc2)CC(O)C(NC(=O)OC(C)(C)C)C([C@H](O)[C@H](O)CN=[N+]=[N-])O1. The molecule has 1 aliphatic rings. The number of aryl methyl sites for hydroxylation is 1. The maximum atomic E-state index is 12.9. The summed E-state index contributed by atoms with van der Waals surface area (Å²) in [4.78, 5) is 26.7. The van der Waals surface area contributed by atoms with Crippen LogP contribution in [0.3, 0.4) is 0 Å². The molecule has 4 unspecified atom stereocenters. The fourth-order valence-electron chi connectivity index (χ4n) is 3.50. The molecule has 0 radical (unpaired) electrons.